The molecule has 0 bridgehead atoms. The minimum absolute atomic E-state index is 0.0148. The summed E-state index contributed by atoms with van der Waals surface area (Å²) in [6.45, 7) is 0. The Morgan fingerprint density at radius 1 is 1.43 bits per heavy atom. The SMILES string of the molecule is NC1CCC(C(=O)Nc2cc(F)ccc2SCC(F)F)C1. The van der Waals surface area contributed by atoms with E-state index in [9.17, 15) is 18.0 Å². The van der Waals surface area contributed by atoms with Crippen LogP contribution in [0, 0.1) is 11.7 Å². The Balaban J connectivity index is 2.06. The number of carbonyl (C=O) groups is 1. The zero-order valence-electron chi connectivity index (χ0n) is 11.3. The van der Waals surface area contributed by atoms with Crippen LogP contribution in [0.3, 0.4) is 0 Å². The van der Waals surface area contributed by atoms with Gasteiger partial charge in [0.15, 0.2) is 0 Å². The largest absolute Gasteiger partial charge is 0.328 e. The van der Waals surface area contributed by atoms with Crippen LogP contribution in [0.5, 0.6) is 0 Å². The number of rotatable bonds is 5. The molecule has 0 saturated heterocycles. The number of hydrogen-bond acceptors (Lipinski definition) is 3. The number of alkyl halides is 2. The molecule has 3 nitrogen and oxygen atoms in total. The summed E-state index contributed by atoms with van der Waals surface area (Å²) in [6.07, 6.45) is -0.382. The van der Waals surface area contributed by atoms with Gasteiger partial charge in [0.05, 0.1) is 11.4 Å². The van der Waals surface area contributed by atoms with Crippen LogP contribution in [-0.4, -0.2) is 24.1 Å². The number of thioether (sulfide) groups is 1. The summed E-state index contributed by atoms with van der Waals surface area (Å²) in [4.78, 5) is 12.6. The lowest BCUT2D eigenvalue weighted by atomic mass is 10.1. The lowest BCUT2D eigenvalue weighted by Crippen LogP contribution is -2.23. The monoisotopic (exact) mass is 318 g/mol. The summed E-state index contributed by atoms with van der Waals surface area (Å²) in [6, 6.07) is 3.76. The summed E-state index contributed by atoms with van der Waals surface area (Å²) in [5.74, 6) is -1.35. The van der Waals surface area contributed by atoms with Crippen molar-refractivity contribution in [2.45, 2.75) is 36.6 Å². The molecule has 0 heterocycles. The van der Waals surface area contributed by atoms with Crippen LogP contribution in [0.25, 0.3) is 0 Å². The average Bonchev–Trinajstić information content (AvgIpc) is 2.84. The Kier molecular flexibility index (Phi) is 5.52. The normalized spacial score (nSPS) is 21.8. The van der Waals surface area contributed by atoms with Gasteiger partial charge in [-0.2, -0.15) is 0 Å². The molecule has 2 atom stereocenters. The summed E-state index contributed by atoms with van der Waals surface area (Å²) in [7, 11) is 0. The van der Waals surface area contributed by atoms with E-state index in [0.717, 1.165) is 24.2 Å². The highest BCUT2D eigenvalue weighted by molar-refractivity contribution is 7.99. The maximum Gasteiger partial charge on any atom is 0.247 e. The number of amides is 1. The number of benzene rings is 1. The molecule has 1 amide bonds. The molecule has 0 radical (unpaired) electrons. The number of nitrogens with two attached hydrogens (primary N) is 1. The summed E-state index contributed by atoms with van der Waals surface area (Å²) in [5.41, 5.74) is 6.01. The standard InChI is InChI=1S/C14H17F3N2OS/c15-9-2-4-12(21-7-13(16)17)11(6-9)19-14(20)8-1-3-10(18)5-8/h2,4,6,8,10,13H,1,3,5,7,18H2,(H,19,20). The van der Waals surface area contributed by atoms with Crippen molar-refractivity contribution in [2.75, 3.05) is 11.1 Å². The van der Waals surface area contributed by atoms with Crippen molar-refractivity contribution in [3.05, 3.63) is 24.0 Å². The molecule has 2 rings (SSSR count). The number of anilines is 1. The Morgan fingerprint density at radius 3 is 2.81 bits per heavy atom. The van der Waals surface area contributed by atoms with Gasteiger partial charge in [0.25, 0.3) is 0 Å². The quantitative estimate of drug-likeness (QED) is 0.820. The van der Waals surface area contributed by atoms with E-state index in [4.69, 9.17) is 5.73 Å². The fourth-order valence-corrected chi connectivity index (χ4v) is 3.10. The molecule has 7 heteroatoms. The summed E-state index contributed by atoms with van der Waals surface area (Å²) in [5, 5.41) is 2.64. The number of nitrogens with one attached hydrogen (secondary N) is 1. The average molecular weight is 318 g/mol. The fraction of sp³-hybridized carbons (Fsp3) is 0.500. The van der Waals surface area contributed by atoms with E-state index in [0.29, 0.717) is 17.7 Å². The molecule has 1 saturated carbocycles. The summed E-state index contributed by atoms with van der Waals surface area (Å²) >= 11 is 0.893. The van der Waals surface area contributed by atoms with Crippen molar-refractivity contribution in [1.82, 2.24) is 0 Å². The van der Waals surface area contributed by atoms with E-state index < -0.39 is 18.0 Å². The Labute approximate surface area is 125 Å². The maximum absolute atomic E-state index is 13.3. The number of hydrogen-bond donors (Lipinski definition) is 2. The van der Waals surface area contributed by atoms with Crippen LogP contribution < -0.4 is 11.1 Å². The van der Waals surface area contributed by atoms with Gasteiger partial charge in [0.2, 0.25) is 12.3 Å². The van der Waals surface area contributed by atoms with Crippen LogP contribution in [0.1, 0.15) is 19.3 Å². The highest BCUT2D eigenvalue weighted by atomic mass is 32.2. The molecule has 1 aromatic carbocycles. The predicted molar refractivity (Wildman–Crippen MR) is 77.1 cm³/mol. The second-order valence-electron chi connectivity index (χ2n) is 5.10. The molecule has 0 aliphatic heterocycles. The lowest BCUT2D eigenvalue weighted by molar-refractivity contribution is -0.119. The minimum Gasteiger partial charge on any atom is -0.328 e. The molecule has 1 aliphatic carbocycles. The van der Waals surface area contributed by atoms with Gasteiger partial charge in [-0.1, -0.05) is 0 Å². The highest BCUT2D eigenvalue weighted by Gasteiger charge is 2.28. The van der Waals surface area contributed by atoms with Crippen molar-refractivity contribution < 1.29 is 18.0 Å². The van der Waals surface area contributed by atoms with Crippen molar-refractivity contribution in [2.24, 2.45) is 11.7 Å². The van der Waals surface area contributed by atoms with Crippen LogP contribution in [0.15, 0.2) is 23.1 Å². The fourth-order valence-electron chi connectivity index (χ4n) is 2.37. The third-order valence-corrected chi connectivity index (χ3v) is 4.49. The van der Waals surface area contributed by atoms with Gasteiger partial charge < -0.3 is 11.1 Å². The molecule has 3 N–H and O–H groups in total. The van der Waals surface area contributed by atoms with Crippen molar-refractivity contribution in [3.8, 4) is 0 Å². The van der Waals surface area contributed by atoms with Crippen LogP contribution in [-0.2, 0) is 4.79 Å². The van der Waals surface area contributed by atoms with Gasteiger partial charge in [-0.05, 0) is 37.5 Å². The minimum atomic E-state index is -2.46. The Hall–Kier alpha value is -1.21. The molecular formula is C14H17F3N2OS. The smallest absolute Gasteiger partial charge is 0.247 e. The first-order valence-electron chi connectivity index (χ1n) is 6.72. The molecule has 1 aliphatic rings. The van der Waals surface area contributed by atoms with E-state index in [-0.39, 0.29) is 23.6 Å². The zero-order valence-corrected chi connectivity index (χ0v) is 12.1. The lowest BCUT2D eigenvalue weighted by Gasteiger charge is -2.14. The summed E-state index contributed by atoms with van der Waals surface area (Å²) < 4.78 is 37.9. The first-order valence-corrected chi connectivity index (χ1v) is 7.71. The predicted octanol–water partition coefficient (Wildman–Crippen LogP) is 3.25. The van der Waals surface area contributed by atoms with Crippen LogP contribution in [0.4, 0.5) is 18.9 Å². The Morgan fingerprint density at radius 2 is 2.19 bits per heavy atom. The second-order valence-corrected chi connectivity index (χ2v) is 6.16. The molecule has 2 unspecified atom stereocenters. The molecule has 116 valence electrons. The van der Waals surface area contributed by atoms with E-state index in [1.54, 1.807) is 0 Å². The van der Waals surface area contributed by atoms with Gasteiger partial charge in [-0.25, -0.2) is 13.2 Å². The van der Waals surface area contributed by atoms with E-state index >= 15 is 0 Å². The van der Waals surface area contributed by atoms with Crippen molar-refractivity contribution in [3.63, 3.8) is 0 Å². The third-order valence-electron chi connectivity index (χ3n) is 3.41. The van der Waals surface area contributed by atoms with Gasteiger partial charge in [-0.15, -0.1) is 11.8 Å². The van der Waals surface area contributed by atoms with Crippen molar-refractivity contribution in [1.29, 1.82) is 0 Å². The van der Waals surface area contributed by atoms with Crippen LogP contribution >= 0.6 is 11.8 Å². The Bertz CT molecular complexity index is 513. The van der Waals surface area contributed by atoms with Crippen LogP contribution in [0.2, 0.25) is 0 Å². The second kappa shape index (κ2) is 7.17. The first kappa shape index (κ1) is 16.2. The highest BCUT2D eigenvalue weighted by Crippen LogP contribution is 2.31. The van der Waals surface area contributed by atoms with Gasteiger partial charge in [0.1, 0.15) is 5.82 Å². The van der Waals surface area contributed by atoms with E-state index in [1.807, 2.05) is 0 Å². The molecule has 1 fully saturated rings. The zero-order chi connectivity index (χ0) is 15.4. The molecule has 1 aromatic rings. The van der Waals surface area contributed by atoms with Gasteiger partial charge >= 0.3 is 0 Å². The first-order chi connectivity index (χ1) is 9.95. The topological polar surface area (TPSA) is 55.1 Å². The van der Waals surface area contributed by atoms with E-state index in [2.05, 4.69) is 5.32 Å². The maximum atomic E-state index is 13.3. The molecule has 0 aromatic heterocycles. The number of halogens is 3. The molecule has 0 spiro atoms. The van der Waals surface area contributed by atoms with Gasteiger partial charge in [-0.3, -0.25) is 4.79 Å². The molecular weight excluding hydrogens is 301 g/mol. The number of carbonyl (C=O) groups excluding carboxylic acids is 1. The third kappa shape index (κ3) is 4.64. The molecule has 21 heavy (non-hydrogen) atoms. The van der Waals surface area contributed by atoms with Gasteiger partial charge in [0, 0.05) is 16.9 Å². The van der Waals surface area contributed by atoms with Crippen molar-refractivity contribution >= 4 is 23.4 Å². The van der Waals surface area contributed by atoms with E-state index in [1.165, 1.54) is 12.1 Å².